The highest BCUT2D eigenvalue weighted by molar-refractivity contribution is 5.96. The molecule has 1 saturated heterocycles. The molecule has 136 valence electrons. The van der Waals surface area contributed by atoms with Crippen molar-refractivity contribution in [1.29, 1.82) is 0 Å². The minimum atomic E-state index is -0.270. The van der Waals surface area contributed by atoms with E-state index in [0.717, 1.165) is 24.0 Å². The number of carbonyl (C=O) groups excluding carboxylic acids is 3. The summed E-state index contributed by atoms with van der Waals surface area (Å²) in [5.41, 5.74) is 2.69. The predicted molar refractivity (Wildman–Crippen MR) is 94.2 cm³/mol. The van der Waals surface area contributed by atoms with E-state index in [1.165, 1.54) is 0 Å². The van der Waals surface area contributed by atoms with Crippen LogP contribution in [0.3, 0.4) is 0 Å². The Balaban J connectivity index is 1.87. The topological polar surface area (TPSA) is 75.7 Å². The highest BCUT2D eigenvalue weighted by atomic mass is 16.5. The van der Waals surface area contributed by atoms with Crippen LogP contribution in [0.5, 0.6) is 0 Å². The Labute approximate surface area is 148 Å². The molecular formula is C19H26N2O4. The van der Waals surface area contributed by atoms with Gasteiger partial charge in [-0.15, -0.1) is 0 Å². The predicted octanol–water partition coefficient (Wildman–Crippen LogP) is 1.83. The third kappa shape index (κ3) is 5.05. The summed E-state index contributed by atoms with van der Waals surface area (Å²) in [5.74, 6) is -0.964. The number of aryl methyl sites for hydroxylation is 2. The number of likely N-dealkylation sites (tertiary alicyclic amines) is 1. The van der Waals surface area contributed by atoms with Crippen molar-refractivity contribution in [2.24, 2.45) is 5.92 Å². The summed E-state index contributed by atoms with van der Waals surface area (Å²) < 4.78 is 5.04. The van der Waals surface area contributed by atoms with Gasteiger partial charge in [0.05, 0.1) is 19.1 Å². The van der Waals surface area contributed by atoms with Gasteiger partial charge in [0.25, 0.3) is 5.91 Å². The summed E-state index contributed by atoms with van der Waals surface area (Å²) in [6, 6.07) is 5.45. The number of hydrogen-bond acceptors (Lipinski definition) is 4. The van der Waals surface area contributed by atoms with Crippen LogP contribution in [0, 0.1) is 19.8 Å². The number of piperidine rings is 1. The van der Waals surface area contributed by atoms with Gasteiger partial charge in [-0.3, -0.25) is 14.4 Å². The van der Waals surface area contributed by atoms with E-state index in [-0.39, 0.29) is 30.2 Å². The van der Waals surface area contributed by atoms with Crippen molar-refractivity contribution in [1.82, 2.24) is 10.2 Å². The zero-order valence-corrected chi connectivity index (χ0v) is 15.1. The van der Waals surface area contributed by atoms with E-state index in [1.54, 1.807) is 17.9 Å². The molecule has 0 saturated carbocycles. The van der Waals surface area contributed by atoms with Gasteiger partial charge in [-0.2, -0.15) is 0 Å². The van der Waals surface area contributed by atoms with Crippen LogP contribution < -0.4 is 5.32 Å². The van der Waals surface area contributed by atoms with Crippen LogP contribution in [0.15, 0.2) is 18.2 Å². The van der Waals surface area contributed by atoms with E-state index in [2.05, 4.69) is 5.32 Å². The zero-order valence-electron chi connectivity index (χ0n) is 15.1. The molecule has 2 rings (SSSR count). The average Bonchev–Trinajstić information content (AvgIpc) is 2.62. The van der Waals surface area contributed by atoms with Crippen molar-refractivity contribution in [2.45, 2.75) is 33.6 Å². The van der Waals surface area contributed by atoms with Gasteiger partial charge in [-0.05, 0) is 56.9 Å². The Morgan fingerprint density at radius 1 is 1.24 bits per heavy atom. The SMILES string of the molecule is CCOC(=O)C1CCCN(C(=O)CNC(=O)c2ccc(C)c(C)c2)C1. The van der Waals surface area contributed by atoms with Crippen LogP contribution in [0.25, 0.3) is 0 Å². The van der Waals surface area contributed by atoms with E-state index in [1.807, 2.05) is 26.0 Å². The highest BCUT2D eigenvalue weighted by Crippen LogP contribution is 2.18. The van der Waals surface area contributed by atoms with E-state index in [4.69, 9.17) is 4.74 Å². The first-order valence-corrected chi connectivity index (χ1v) is 8.72. The number of hydrogen-bond donors (Lipinski definition) is 1. The molecule has 25 heavy (non-hydrogen) atoms. The van der Waals surface area contributed by atoms with Gasteiger partial charge in [0.2, 0.25) is 5.91 Å². The fourth-order valence-corrected chi connectivity index (χ4v) is 2.91. The molecule has 1 N–H and O–H groups in total. The maximum absolute atomic E-state index is 12.3. The number of carbonyl (C=O) groups is 3. The molecule has 0 aliphatic carbocycles. The standard InChI is InChI=1S/C19H26N2O4/c1-4-25-19(24)16-6-5-9-21(12-16)17(22)11-20-18(23)15-8-7-13(2)14(3)10-15/h7-8,10,16H,4-6,9,11-12H2,1-3H3,(H,20,23). The van der Waals surface area contributed by atoms with Gasteiger partial charge >= 0.3 is 5.97 Å². The summed E-state index contributed by atoms with van der Waals surface area (Å²) in [7, 11) is 0. The Bertz CT molecular complexity index is 657. The molecule has 6 heteroatoms. The maximum atomic E-state index is 12.3. The molecule has 1 aliphatic heterocycles. The molecule has 1 aliphatic rings. The summed E-state index contributed by atoms with van der Waals surface area (Å²) in [6.07, 6.45) is 1.50. The molecule has 0 radical (unpaired) electrons. The van der Waals surface area contributed by atoms with Crippen LogP contribution in [0.4, 0.5) is 0 Å². The molecule has 1 fully saturated rings. The number of nitrogens with zero attached hydrogens (tertiary/aromatic N) is 1. The lowest BCUT2D eigenvalue weighted by Gasteiger charge is -2.31. The largest absolute Gasteiger partial charge is 0.466 e. The Kier molecular flexibility index (Phi) is 6.56. The fourth-order valence-electron chi connectivity index (χ4n) is 2.91. The zero-order chi connectivity index (χ0) is 18.4. The third-order valence-electron chi connectivity index (χ3n) is 4.56. The van der Waals surface area contributed by atoms with Gasteiger partial charge in [-0.25, -0.2) is 0 Å². The van der Waals surface area contributed by atoms with Crippen LogP contribution in [0.1, 0.15) is 41.3 Å². The molecule has 1 atom stereocenters. The fraction of sp³-hybridized carbons (Fsp3) is 0.526. The van der Waals surface area contributed by atoms with Crippen LogP contribution in [0.2, 0.25) is 0 Å². The first-order valence-electron chi connectivity index (χ1n) is 8.72. The summed E-state index contributed by atoms with van der Waals surface area (Å²) >= 11 is 0. The Hall–Kier alpha value is -2.37. The number of benzene rings is 1. The molecule has 0 spiro atoms. The molecule has 0 bridgehead atoms. The Morgan fingerprint density at radius 3 is 2.68 bits per heavy atom. The number of nitrogens with one attached hydrogen (secondary N) is 1. The van der Waals surface area contributed by atoms with Crippen molar-refractivity contribution >= 4 is 17.8 Å². The van der Waals surface area contributed by atoms with E-state index >= 15 is 0 Å². The van der Waals surface area contributed by atoms with Gasteiger partial charge in [0.15, 0.2) is 0 Å². The molecule has 2 amide bonds. The molecule has 6 nitrogen and oxygen atoms in total. The lowest BCUT2D eigenvalue weighted by Crippen LogP contribution is -2.46. The molecule has 1 unspecified atom stereocenters. The van der Waals surface area contributed by atoms with Gasteiger partial charge in [0, 0.05) is 18.7 Å². The molecular weight excluding hydrogens is 320 g/mol. The first kappa shape index (κ1) is 19.0. The van der Waals surface area contributed by atoms with Crippen molar-refractivity contribution in [2.75, 3.05) is 26.2 Å². The number of amides is 2. The number of esters is 1. The summed E-state index contributed by atoms with van der Waals surface area (Å²) in [4.78, 5) is 38.0. The Morgan fingerprint density at radius 2 is 2.00 bits per heavy atom. The normalized spacial score (nSPS) is 17.1. The lowest BCUT2D eigenvalue weighted by atomic mass is 9.98. The van der Waals surface area contributed by atoms with Gasteiger partial charge in [0.1, 0.15) is 0 Å². The molecule has 1 heterocycles. The second-order valence-corrected chi connectivity index (χ2v) is 6.41. The quantitative estimate of drug-likeness (QED) is 0.826. The van der Waals surface area contributed by atoms with Crippen LogP contribution in [-0.2, 0) is 14.3 Å². The molecule has 1 aromatic rings. The summed E-state index contributed by atoms with van der Waals surface area (Å²) in [5, 5.41) is 2.67. The van der Waals surface area contributed by atoms with Crippen molar-refractivity contribution in [3.05, 3.63) is 34.9 Å². The molecule has 0 aromatic heterocycles. The minimum Gasteiger partial charge on any atom is -0.466 e. The monoisotopic (exact) mass is 346 g/mol. The summed E-state index contributed by atoms with van der Waals surface area (Å²) in [6.45, 7) is 6.94. The van der Waals surface area contributed by atoms with Crippen molar-refractivity contribution < 1.29 is 19.1 Å². The third-order valence-corrected chi connectivity index (χ3v) is 4.56. The minimum absolute atomic E-state index is 0.0682. The van der Waals surface area contributed by atoms with E-state index < -0.39 is 0 Å². The highest BCUT2D eigenvalue weighted by Gasteiger charge is 2.29. The van der Waals surface area contributed by atoms with Gasteiger partial charge < -0.3 is 15.0 Å². The van der Waals surface area contributed by atoms with E-state index in [9.17, 15) is 14.4 Å². The average molecular weight is 346 g/mol. The second kappa shape index (κ2) is 8.65. The first-order chi connectivity index (χ1) is 11.9. The smallest absolute Gasteiger partial charge is 0.310 e. The van der Waals surface area contributed by atoms with Crippen molar-refractivity contribution in [3.8, 4) is 0 Å². The lowest BCUT2D eigenvalue weighted by molar-refractivity contribution is -0.151. The molecule has 1 aromatic carbocycles. The number of ether oxygens (including phenoxy) is 1. The maximum Gasteiger partial charge on any atom is 0.310 e. The van der Waals surface area contributed by atoms with Gasteiger partial charge in [-0.1, -0.05) is 6.07 Å². The van der Waals surface area contributed by atoms with Crippen LogP contribution in [-0.4, -0.2) is 48.9 Å². The number of rotatable bonds is 5. The van der Waals surface area contributed by atoms with Crippen LogP contribution >= 0.6 is 0 Å². The second-order valence-electron chi connectivity index (χ2n) is 6.41. The van der Waals surface area contributed by atoms with Crippen molar-refractivity contribution in [3.63, 3.8) is 0 Å². The van der Waals surface area contributed by atoms with E-state index in [0.29, 0.717) is 25.3 Å².